The molecule has 0 aliphatic rings. The van der Waals surface area contributed by atoms with Crippen molar-refractivity contribution in [3.05, 3.63) is 64.4 Å². The van der Waals surface area contributed by atoms with Gasteiger partial charge in [-0.15, -0.1) is 34.2 Å². The Kier molecular flexibility index (Phi) is 10.3. The number of nitrogens with one attached hydrogen (secondary N) is 1. The molecule has 0 atom stereocenters. The van der Waals surface area contributed by atoms with Crippen LogP contribution in [0.5, 0.6) is 0 Å². The molecule has 2 aromatic heterocycles. The first-order chi connectivity index (χ1) is 14.5. The second kappa shape index (κ2) is 12.7. The van der Waals surface area contributed by atoms with Crippen LogP contribution in [-0.2, 0) is 20.1 Å². The van der Waals surface area contributed by atoms with E-state index in [9.17, 15) is 0 Å². The van der Waals surface area contributed by atoms with Crippen molar-refractivity contribution in [1.82, 2.24) is 25.0 Å². The summed E-state index contributed by atoms with van der Waals surface area (Å²) in [6.07, 6.45) is 1.01. The van der Waals surface area contributed by atoms with Crippen LogP contribution in [0.3, 0.4) is 0 Å². The number of nitrogens with zero attached hydrogens (tertiary/aromatic N) is 6. The molecule has 1 N–H and O–H groups in total. The standard InChI is InChI=1S/C22H31N7S.HI/c1-18-25-26-21(29(18)4)15-24-22(28(3)16-19-11-14-30-17-19)23-12-8-13-27(2)20-9-6-5-7-10-20;/h5-7,9-11,14,17H,8,12-13,15-16H2,1-4H3,(H,23,24);1H. The molecule has 0 radical (unpaired) electrons. The Morgan fingerprint density at radius 3 is 2.58 bits per heavy atom. The van der Waals surface area contributed by atoms with Crippen LogP contribution < -0.4 is 10.2 Å². The number of rotatable bonds is 9. The maximum atomic E-state index is 4.82. The molecule has 3 rings (SSSR count). The van der Waals surface area contributed by atoms with Gasteiger partial charge in [0.1, 0.15) is 12.4 Å². The third kappa shape index (κ3) is 7.49. The van der Waals surface area contributed by atoms with Crippen molar-refractivity contribution in [2.24, 2.45) is 12.0 Å². The lowest BCUT2D eigenvalue weighted by atomic mass is 10.3. The molecule has 3 aromatic rings. The van der Waals surface area contributed by atoms with E-state index >= 15 is 0 Å². The number of anilines is 1. The number of thiophene rings is 1. The molecule has 31 heavy (non-hydrogen) atoms. The number of benzene rings is 1. The van der Waals surface area contributed by atoms with E-state index in [-0.39, 0.29) is 24.0 Å². The van der Waals surface area contributed by atoms with Crippen LogP contribution in [0.25, 0.3) is 0 Å². The fraction of sp³-hybridized carbons (Fsp3) is 0.409. The molecule has 2 heterocycles. The van der Waals surface area contributed by atoms with Crippen molar-refractivity contribution in [3.8, 4) is 0 Å². The highest BCUT2D eigenvalue weighted by molar-refractivity contribution is 14.0. The van der Waals surface area contributed by atoms with E-state index in [1.807, 2.05) is 24.6 Å². The van der Waals surface area contributed by atoms with Gasteiger partial charge in [0.15, 0.2) is 11.8 Å². The lowest BCUT2D eigenvalue weighted by Gasteiger charge is -2.23. The van der Waals surface area contributed by atoms with Gasteiger partial charge in [-0.3, -0.25) is 0 Å². The molecule has 0 saturated carbocycles. The van der Waals surface area contributed by atoms with Crippen LogP contribution in [-0.4, -0.2) is 52.8 Å². The second-order valence-electron chi connectivity index (χ2n) is 7.39. The highest BCUT2D eigenvalue weighted by Gasteiger charge is 2.10. The first kappa shape index (κ1) is 25.1. The predicted octanol–water partition coefficient (Wildman–Crippen LogP) is 3.91. The first-order valence-corrected chi connectivity index (χ1v) is 11.1. The average molecular weight is 554 g/mol. The average Bonchev–Trinajstić information content (AvgIpc) is 3.38. The van der Waals surface area contributed by atoms with Gasteiger partial charge >= 0.3 is 0 Å². The van der Waals surface area contributed by atoms with Gasteiger partial charge < -0.3 is 19.7 Å². The van der Waals surface area contributed by atoms with Gasteiger partial charge in [0, 0.05) is 46.5 Å². The number of aromatic nitrogens is 3. The minimum absolute atomic E-state index is 0. The number of guanidine groups is 1. The Labute approximate surface area is 206 Å². The summed E-state index contributed by atoms with van der Waals surface area (Å²) in [6, 6.07) is 12.6. The molecule has 0 unspecified atom stereocenters. The molecular weight excluding hydrogens is 521 g/mol. The smallest absolute Gasteiger partial charge is 0.194 e. The molecule has 0 fully saturated rings. The van der Waals surface area contributed by atoms with Crippen molar-refractivity contribution < 1.29 is 0 Å². The van der Waals surface area contributed by atoms with Gasteiger partial charge in [0.2, 0.25) is 0 Å². The zero-order valence-corrected chi connectivity index (χ0v) is 21.8. The largest absolute Gasteiger partial charge is 0.375 e. The summed E-state index contributed by atoms with van der Waals surface area (Å²) in [4.78, 5) is 9.25. The van der Waals surface area contributed by atoms with Crippen LogP contribution in [0.15, 0.2) is 52.2 Å². The molecule has 9 heteroatoms. The Morgan fingerprint density at radius 1 is 1.16 bits per heavy atom. The molecule has 0 spiro atoms. The molecule has 0 saturated heterocycles. The lowest BCUT2D eigenvalue weighted by Crippen LogP contribution is -2.39. The number of halogens is 1. The molecule has 168 valence electrons. The summed E-state index contributed by atoms with van der Waals surface area (Å²) in [6.45, 7) is 5.09. The summed E-state index contributed by atoms with van der Waals surface area (Å²) in [5.41, 5.74) is 2.52. The normalized spacial score (nSPS) is 11.2. The van der Waals surface area contributed by atoms with Crippen molar-refractivity contribution in [2.75, 3.05) is 32.1 Å². The Hall–Kier alpha value is -2.14. The van der Waals surface area contributed by atoms with E-state index in [1.54, 1.807) is 11.3 Å². The van der Waals surface area contributed by atoms with Crippen molar-refractivity contribution in [3.63, 3.8) is 0 Å². The van der Waals surface area contributed by atoms with Crippen LogP contribution in [0.2, 0.25) is 0 Å². The van der Waals surface area contributed by atoms with E-state index in [1.165, 1.54) is 11.3 Å². The number of hydrogen-bond acceptors (Lipinski definition) is 5. The Balaban J connectivity index is 0.00000341. The number of para-hydroxylation sites is 1. The maximum absolute atomic E-state index is 4.82. The molecule has 0 aliphatic carbocycles. The van der Waals surface area contributed by atoms with Crippen LogP contribution in [0.1, 0.15) is 23.6 Å². The van der Waals surface area contributed by atoms with Crippen molar-refractivity contribution in [1.29, 1.82) is 0 Å². The van der Waals surface area contributed by atoms with Gasteiger partial charge in [-0.1, -0.05) is 18.2 Å². The van der Waals surface area contributed by atoms with Gasteiger partial charge in [-0.2, -0.15) is 11.3 Å². The molecule has 0 aliphatic heterocycles. The summed E-state index contributed by atoms with van der Waals surface area (Å²) in [7, 11) is 6.17. The van der Waals surface area contributed by atoms with Gasteiger partial charge in [0.25, 0.3) is 0 Å². The quantitative estimate of drug-likeness (QED) is 0.189. The van der Waals surface area contributed by atoms with E-state index in [2.05, 4.69) is 80.5 Å². The third-order valence-electron chi connectivity index (χ3n) is 5.06. The van der Waals surface area contributed by atoms with Crippen molar-refractivity contribution in [2.45, 2.75) is 26.4 Å². The van der Waals surface area contributed by atoms with E-state index in [0.29, 0.717) is 6.54 Å². The van der Waals surface area contributed by atoms with E-state index < -0.39 is 0 Å². The zero-order chi connectivity index (χ0) is 21.3. The van der Waals surface area contributed by atoms with E-state index in [0.717, 1.165) is 43.7 Å². The number of hydrogen-bond donors (Lipinski definition) is 1. The number of aliphatic imine (C=N–C) groups is 1. The summed E-state index contributed by atoms with van der Waals surface area (Å²) in [5, 5.41) is 16.2. The minimum atomic E-state index is 0. The fourth-order valence-electron chi connectivity index (χ4n) is 3.11. The van der Waals surface area contributed by atoms with Crippen molar-refractivity contribution >= 4 is 47.0 Å². The summed E-state index contributed by atoms with van der Waals surface area (Å²) < 4.78 is 1.98. The molecule has 1 aromatic carbocycles. The number of aryl methyl sites for hydroxylation is 1. The van der Waals surface area contributed by atoms with Gasteiger partial charge in [-0.25, -0.2) is 4.99 Å². The Bertz CT molecular complexity index is 925. The molecular formula is C22H32IN7S. The fourth-order valence-corrected chi connectivity index (χ4v) is 3.77. The lowest BCUT2D eigenvalue weighted by molar-refractivity contribution is 0.474. The Morgan fingerprint density at radius 2 is 1.94 bits per heavy atom. The van der Waals surface area contributed by atoms with E-state index in [4.69, 9.17) is 4.99 Å². The monoisotopic (exact) mass is 553 g/mol. The van der Waals surface area contributed by atoms with Gasteiger partial charge in [0.05, 0.1) is 0 Å². The van der Waals surface area contributed by atoms with Crippen LogP contribution >= 0.6 is 35.3 Å². The van der Waals surface area contributed by atoms with Crippen LogP contribution in [0, 0.1) is 6.92 Å². The summed E-state index contributed by atoms with van der Waals surface area (Å²) >= 11 is 1.72. The minimum Gasteiger partial charge on any atom is -0.375 e. The highest BCUT2D eigenvalue weighted by Crippen LogP contribution is 2.11. The summed E-state index contributed by atoms with van der Waals surface area (Å²) in [5.74, 6) is 2.63. The first-order valence-electron chi connectivity index (χ1n) is 10.2. The zero-order valence-electron chi connectivity index (χ0n) is 18.7. The molecule has 0 amide bonds. The topological polar surface area (TPSA) is 61.6 Å². The van der Waals surface area contributed by atoms with Crippen LogP contribution in [0.4, 0.5) is 5.69 Å². The highest BCUT2D eigenvalue weighted by atomic mass is 127. The second-order valence-corrected chi connectivity index (χ2v) is 8.17. The van der Waals surface area contributed by atoms with Gasteiger partial charge in [-0.05, 0) is 47.9 Å². The SMILES string of the molecule is Cc1nnc(CN=C(NCCCN(C)c2ccccc2)N(C)Cc2ccsc2)n1C.I. The predicted molar refractivity (Wildman–Crippen MR) is 140 cm³/mol. The molecule has 0 bridgehead atoms. The maximum Gasteiger partial charge on any atom is 0.194 e. The third-order valence-corrected chi connectivity index (χ3v) is 5.80. The molecule has 7 nitrogen and oxygen atoms in total.